The Morgan fingerprint density at radius 3 is 2.70 bits per heavy atom. The molecule has 4 nitrogen and oxygen atoms in total. The van der Waals surface area contributed by atoms with Gasteiger partial charge in [0.05, 0.1) is 12.7 Å². The zero-order valence-electron chi connectivity index (χ0n) is 12.4. The molecule has 0 bridgehead atoms. The minimum atomic E-state index is -0.346. The van der Waals surface area contributed by atoms with E-state index in [2.05, 4.69) is 11.8 Å². The molecule has 2 rings (SSSR count). The van der Waals surface area contributed by atoms with E-state index in [4.69, 9.17) is 10.5 Å². The summed E-state index contributed by atoms with van der Waals surface area (Å²) in [5.41, 5.74) is 7.91. The topological polar surface area (TPSA) is 55.6 Å². The van der Waals surface area contributed by atoms with Gasteiger partial charge in [0.25, 0.3) is 0 Å². The van der Waals surface area contributed by atoms with Crippen LogP contribution in [-0.4, -0.2) is 31.1 Å². The molecule has 1 heterocycles. The molecule has 0 unspecified atom stereocenters. The Balaban J connectivity index is 2.10. The van der Waals surface area contributed by atoms with Gasteiger partial charge in [-0.2, -0.15) is 0 Å². The van der Waals surface area contributed by atoms with Crippen LogP contribution in [0.25, 0.3) is 0 Å². The third-order valence-electron chi connectivity index (χ3n) is 4.25. The van der Waals surface area contributed by atoms with Gasteiger partial charge in [-0.05, 0) is 43.5 Å². The fourth-order valence-electron chi connectivity index (χ4n) is 2.90. The lowest BCUT2D eigenvalue weighted by Gasteiger charge is -2.31. The van der Waals surface area contributed by atoms with Crippen molar-refractivity contribution in [1.29, 1.82) is 0 Å². The average molecular weight is 276 g/mol. The predicted octanol–water partition coefficient (Wildman–Crippen LogP) is 2.68. The second kappa shape index (κ2) is 6.75. The number of carbonyl (C=O) groups excluding carboxylic acids is 1. The fraction of sp³-hybridized carbons (Fsp3) is 0.562. The Labute approximate surface area is 120 Å². The molecular formula is C16H24N2O2. The quantitative estimate of drug-likeness (QED) is 0.678. The first kappa shape index (κ1) is 14.9. The van der Waals surface area contributed by atoms with Crippen LogP contribution in [0.3, 0.4) is 0 Å². The zero-order valence-corrected chi connectivity index (χ0v) is 12.4. The van der Waals surface area contributed by atoms with Gasteiger partial charge in [-0.15, -0.1) is 0 Å². The lowest BCUT2D eigenvalue weighted by atomic mass is 9.94. The molecule has 0 radical (unpaired) electrons. The van der Waals surface area contributed by atoms with Gasteiger partial charge in [-0.1, -0.05) is 25.5 Å². The predicted molar refractivity (Wildman–Crippen MR) is 80.5 cm³/mol. The highest BCUT2D eigenvalue weighted by atomic mass is 16.5. The molecule has 1 aliphatic rings. The Morgan fingerprint density at radius 2 is 2.10 bits per heavy atom. The molecule has 0 aromatic heterocycles. The molecule has 0 spiro atoms. The van der Waals surface area contributed by atoms with E-state index in [1.807, 2.05) is 12.1 Å². The number of hydrogen-bond acceptors (Lipinski definition) is 4. The normalized spacial score (nSPS) is 17.1. The summed E-state index contributed by atoms with van der Waals surface area (Å²) in [6, 6.07) is 5.61. The van der Waals surface area contributed by atoms with Crippen LogP contribution in [0.4, 0.5) is 5.69 Å². The van der Waals surface area contributed by atoms with Crippen molar-refractivity contribution in [2.24, 2.45) is 5.92 Å². The summed E-state index contributed by atoms with van der Waals surface area (Å²) >= 11 is 0. The zero-order chi connectivity index (χ0) is 14.5. The van der Waals surface area contributed by atoms with E-state index in [0.717, 1.165) is 31.1 Å². The number of ether oxygens (including phenoxy) is 1. The smallest absolute Gasteiger partial charge is 0.340 e. The van der Waals surface area contributed by atoms with Crippen molar-refractivity contribution in [3.05, 3.63) is 29.3 Å². The molecule has 4 heteroatoms. The molecule has 1 aromatic rings. The van der Waals surface area contributed by atoms with Crippen LogP contribution in [0.5, 0.6) is 0 Å². The van der Waals surface area contributed by atoms with Gasteiger partial charge in [-0.25, -0.2) is 4.79 Å². The Hall–Kier alpha value is -1.55. The van der Waals surface area contributed by atoms with Crippen molar-refractivity contribution >= 4 is 11.7 Å². The first-order chi connectivity index (χ1) is 9.65. The number of nitrogens with zero attached hydrogens (tertiary/aromatic N) is 1. The third kappa shape index (κ3) is 3.31. The van der Waals surface area contributed by atoms with E-state index in [0.29, 0.717) is 11.3 Å². The van der Waals surface area contributed by atoms with Crippen LogP contribution >= 0.6 is 0 Å². The van der Waals surface area contributed by atoms with Crippen molar-refractivity contribution in [3.8, 4) is 0 Å². The standard InChI is InChI=1S/C16H24N2O2/c1-3-12-7-9-18(10-8-12)11-13-5-4-6-14(17)15(13)16(19)20-2/h4-6,12H,3,7-11,17H2,1-2H3. The van der Waals surface area contributed by atoms with Crippen LogP contribution in [0.15, 0.2) is 18.2 Å². The SMILES string of the molecule is CCC1CCN(Cc2cccc(N)c2C(=O)OC)CC1. The molecule has 1 saturated heterocycles. The lowest BCUT2D eigenvalue weighted by Crippen LogP contribution is -2.33. The maximum Gasteiger partial charge on any atom is 0.340 e. The number of nitrogen functional groups attached to an aromatic ring is 1. The van der Waals surface area contributed by atoms with E-state index < -0.39 is 0 Å². The monoisotopic (exact) mass is 276 g/mol. The molecule has 0 aliphatic carbocycles. The Morgan fingerprint density at radius 1 is 1.40 bits per heavy atom. The first-order valence-corrected chi connectivity index (χ1v) is 7.33. The largest absolute Gasteiger partial charge is 0.465 e. The second-order valence-corrected chi connectivity index (χ2v) is 5.50. The van der Waals surface area contributed by atoms with Gasteiger partial charge in [0.1, 0.15) is 0 Å². The lowest BCUT2D eigenvalue weighted by molar-refractivity contribution is 0.0599. The molecule has 110 valence electrons. The Kier molecular flexibility index (Phi) is 5.01. The number of likely N-dealkylation sites (tertiary alicyclic amines) is 1. The highest BCUT2D eigenvalue weighted by Gasteiger charge is 2.21. The van der Waals surface area contributed by atoms with E-state index in [1.54, 1.807) is 6.07 Å². The third-order valence-corrected chi connectivity index (χ3v) is 4.25. The number of anilines is 1. The highest BCUT2D eigenvalue weighted by molar-refractivity contribution is 5.96. The van der Waals surface area contributed by atoms with E-state index in [1.165, 1.54) is 26.4 Å². The number of piperidine rings is 1. The molecule has 0 amide bonds. The van der Waals surface area contributed by atoms with E-state index in [-0.39, 0.29) is 5.97 Å². The molecule has 1 aromatic carbocycles. The molecule has 2 N–H and O–H groups in total. The molecule has 1 fully saturated rings. The van der Waals surface area contributed by atoms with Crippen molar-refractivity contribution in [2.75, 3.05) is 25.9 Å². The minimum Gasteiger partial charge on any atom is -0.465 e. The Bertz CT molecular complexity index is 466. The molecule has 0 saturated carbocycles. The minimum absolute atomic E-state index is 0.346. The summed E-state index contributed by atoms with van der Waals surface area (Å²) in [6.07, 6.45) is 3.75. The number of benzene rings is 1. The van der Waals surface area contributed by atoms with Crippen LogP contribution in [0.2, 0.25) is 0 Å². The van der Waals surface area contributed by atoms with Crippen LogP contribution in [-0.2, 0) is 11.3 Å². The summed E-state index contributed by atoms with van der Waals surface area (Å²) in [5.74, 6) is 0.508. The van der Waals surface area contributed by atoms with Crippen molar-refractivity contribution < 1.29 is 9.53 Å². The molecule has 0 atom stereocenters. The number of rotatable bonds is 4. The van der Waals surface area contributed by atoms with Crippen molar-refractivity contribution in [1.82, 2.24) is 4.90 Å². The molecule has 20 heavy (non-hydrogen) atoms. The number of nitrogens with two attached hydrogens (primary N) is 1. The summed E-state index contributed by atoms with van der Waals surface area (Å²) in [7, 11) is 1.39. The van der Waals surface area contributed by atoms with Gasteiger partial charge in [0.2, 0.25) is 0 Å². The average Bonchev–Trinajstić information content (AvgIpc) is 2.47. The van der Waals surface area contributed by atoms with Gasteiger partial charge < -0.3 is 10.5 Å². The first-order valence-electron chi connectivity index (χ1n) is 7.33. The van der Waals surface area contributed by atoms with E-state index in [9.17, 15) is 4.79 Å². The number of carbonyl (C=O) groups is 1. The van der Waals surface area contributed by atoms with Crippen LogP contribution < -0.4 is 5.73 Å². The van der Waals surface area contributed by atoms with Crippen molar-refractivity contribution in [3.63, 3.8) is 0 Å². The highest BCUT2D eigenvalue weighted by Crippen LogP contribution is 2.24. The molecular weight excluding hydrogens is 252 g/mol. The van der Waals surface area contributed by atoms with Gasteiger partial charge in [-0.3, -0.25) is 4.90 Å². The maximum atomic E-state index is 11.9. The fourth-order valence-corrected chi connectivity index (χ4v) is 2.90. The second-order valence-electron chi connectivity index (χ2n) is 5.50. The number of hydrogen-bond donors (Lipinski definition) is 1. The van der Waals surface area contributed by atoms with Crippen LogP contribution in [0, 0.1) is 5.92 Å². The van der Waals surface area contributed by atoms with Gasteiger partial charge in [0, 0.05) is 12.2 Å². The summed E-state index contributed by atoms with van der Waals surface area (Å²) < 4.78 is 4.84. The number of methoxy groups -OCH3 is 1. The summed E-state index contributed by atoms with van der Waals surface area (Å²) in [4.78, 5) is 14.3. The maximum absolute atomic E-state index is 11.9. The summed E-state index contributed by atoms with van der Waals surface area (Å²) in [5, 5.41) is 0. The number of esters is 1. The van der Waals surface area contributed by atoms with Crippen LogP contribution in [0.1, 0.15) is 42.1 Å². The molecule has 1 aliphatic heterocycles. The van der Waals surface area contributed by atoms with Gasteiger partial charge in [0.15, 0.2) is 0 Å². The van der Waals surface area contributed by atoms with E-state index >= 15 is 0 Å². The van der Waals surface area contributed by atoms with Gasteiger partial charge >= 0.3 is 5.97 Å². The summed E-state index contributed by atoms with van der Waals surface area (Å²) in [6.45, 7) is 5.21. The van der Waals surface area contributed by atoms with Crippen molar-refractivity contribution in [2.45, 2.75) is 32.7 Å².